The maximum atomic E-state index is 14.8. The molecule has 0 unspecified atom stereocenters. The molecular formula is C51H64N8O9. The summed E-state index contributed by atoms with van der Waals surface area (Å²) in [5, 5.41) is 19.8. The topological polar surface area (TPSA) is 207 Å². The first-order valence-electron chi connectivity index (χ1n) is 24.0. The summed E-state index contributed by atoms with van der Waals surface area (Å²) in [5.74, 6) is -2.36. The van der Waals surface area contributed by atoms with Gasteiger partial charge in [0.05, 0.1) is 36.7 Å². The van der Waals surface area contributed by atoms with Crippen LogP contribution in [0.25, 0.3) is 33.3 Å². The van der Waals surface area contributed by atoms with E-state index in [1.807, 2.05) is 39.0 Å². The predicted octanol–water partition coefficient (Wildman–Crippen LogP) is 4.24. The number of nitrogens with zero attached hydrogens (tertiary/aromatic N) is 5. The first kappa shape index (κ1) is 47.2. The number of pyridine rings is 1. The number of phenols is 1. The Kier molecular flexibility index (Phi) is 12.9. The van der Waals surface area contributed by atoms with Crippen LogP contribution in [0.3, 0.4) is 0 Å². The van der Waals surface area contributed by atoms with E-state index in [-0.39, 0.29) is 68.5 Å². The number of benzene rings is 2. The molecular weight excluding hydrogens is 869 g/mol. The van der Waals surface area contributed by atoms with E-state index < -0.39 is 46.9 Å². The number of amides is 4. The number of nitrogens with one attached hydrogen (secondary N) is 3. The van der Waals surface area contributed by atoms with Gasteiger partial charge in [-0.05, 0) is 97.7 Å². The summed E-state index contributed by atoms with van der Waals surface area (Å²) in [6.07, 6.45) is 3.25. The van der Waals surface area contributed by atoms with Crippen LogP contribution in [0.4, 0.5) is 0 Å². The van der Waals surface area contributed by atoms with E-state index in [0.717, 1.165) is 39.0 Å². The Morgan fingerprint density at radius 2 is 1.85 bits per heavy atom. The van der Waals surface area contributed by atoms with Crippen molar-refractivity contribution in [3.05, 3.63) is 71.5 Å². The molecule has 362 valence electrons. The molecule has 4 saturated heterocycles. The van der Waals surface area contributed by atoms with Gasteiger partial charge in [-0.3, -0.25) is 34.0 Å². The maximum absolute atomic E-state index is 14.8. The molecule has 4 aromatic rings. The zero-order chi connectivity index (χ0) is 48.2. The Morgan fingerprint density at radius 3 is 2.59 bits per heavy atom. The highest BCUT2D eigenvalue weighted by Gasteiger charge is 2.57. The number of esters is 1. The first-order valence-corrected chi connectivity index (χ1v) is 24.0. The number of ether oxygens (including phenoxy) is 3. The number of hydrogen-bond acceptors (Lipinski definition) is 12. The Bertz CT molecular complexity index is 2640. The van der Waals surface area contributed by atoms with E-state index in [1.165, 1.54) is 9.91 Å². The van der Waals surface area contributed by atoms with Crippen molar-refractivity contribution >= 4 is 40.5 Å². The number of carbonyl (C=O) groups is 5. The Balaban J connectivity index is 1.10. The van der Waals surface area contributed by atoms with Crippen molar-refractivity contribution in [3.63, 3.8) is 0 Å². The fraction of sp³-hybridized carbons (Fsp3) is 0.529. The van der Waals surface area contributed by atoms with E-state index in [0.29, 0.717) is 56.4 Å². The lowest BCUT2D eigenvalue weighted by Crippen LogP contribution is -2.62. The minimum absolute atomic E-state index is 0.0168. The predicted molar refractivity (Wildman–Crippen MR) is 252 cm³/mol. The second-order valence-electron chi connectivity index (χ2n) is 20.2. The highest BCUT2D eigenvalue weighted by Crippen LogP contribution is 2.42. The SMILES string of the molecule is CCn1c(-c2cccnc2[C@H](C)OC)c2c3cc(ccc31)-c1cc(O)cc(c1)C[C@H](NC(=O)[C@H](C(C)C)N1CO[C@]3(CCN(C(=O)[C@H]4CN4)C3)C1=O)C(=O)N1CCC[C@H](N1)C(=O)OCC(C)(C)C2. The molecule has 0 radical (unpaired) electrons. The lowest BCUT2D eigenvalue weighted by molar-refractivity contribution is -0.155. The first-order chi connectivity index (χ1) is 32.5. The van der Waals surface area contributed by atoms with Crippen molar-refractivity contribution in [2.24, 2.45) is 11.3 Å². The molecule has 17 nitrogen and oxygen atoms in total. The summed E-state index contributed by atoms with van der Waals surface area (Å²) in [5.41, 5.74) is 8.25. The molecule has 17 heteroatoms. The number of aromatic hydroxyl groups is 1. The number of hydrogen-bond donors (Lipinski definition) is 4. The van der Waals surface area contributed by atoms with Gasteiger partial charge in [-0.2, -0.15) is 0 Å². The molecule has 2 aromatic carbocycles. The molecule has 1 spiro atoms. The number of aryl methyl sites for hydroxylation is 1. The van der Waals surface area contributed by atoms with Crippen molar-refractivity contribution in [2.45, 2.75) is 116 Å². The molecule has 5 aliphatic rings. The average Bonchev–Trinajstić information content (AvgIpc) is 3.92. The highest BCUT2D eigenvalue weighted by molar-refractivity contribution is 5.97. The third-order valence-corrected chi connectivity index (χ3v) is 14.3. The standard InChI is InChI=1S/C51H64N8O9/c1-8-57-41-14-13-32-23-36(41)37(44(57)35-11-9-16-52-42(35)30(4)66-7)24-50(5,6)27-67-48(64)38-12-10-17-59(55-38)47(63)39(21-31-19-33(32)22-34(60)20-31)54-45(61)43(29(2)3)58-28-68-51(49(58)65)15-18-56(26-51)46(62)40-25-53-40/h9,11,13-14,16,19-20,22-23,29-30,38-40,43,53,55,60H,8,10,12,15,17-18,21,24-28H2,1-7H3,(H,54,61)/t30-,38-,39-,40+,43-,51-/m0/s1. The van der Waals surface area contributed by atoms with Crippen LogP contribution < -0.4 is 16.1 Å². The van der Waals surface area contributed by atoms with Crippen molar-refractivity contribution in [3.8, 4) is 28.1 Å². The number of phenolic OH excluding ortho intramolecular Hbond substituents is 1. The average molecular weight is 933 g/mol. The maximum Gasteiger partial charge on any atom is 0.324 e. The van der Waals surface area contributed by atoms with Crippen LogP contribution in [-0.4, -0.2) is 135 Å². The number of carbonyl (C=O) groups excluding carboxylic acids is 5. The fourth-order valence-corrected chi connectivity index (χ4v) is 10.6. The van der Waals surface area contributed by atoms with E-state index in [4.69, 9.17) is 19.2 Å². The number of methoxy groups -OCH3 is 1. The van der Waals surface area contributed by atoms with E-state index >= 15 is 0 Å². The summed E-state index contributed by atoms with van der Waals surface area (Å²) in [6.45, 7) is 13.9. The summed E-state index contributed by atoms with van der Waals surface area (Å²) in [6, 6.07) is 12.2. The molecule has 0 aliphatic carbocycles. The summed E-state index contributed by atoms with van der Waals surface area (Å²) < 4.78 is 20.4. The van der Waals surface area contributed by atoms with Crippen molar-refractivity contribution in [1.82, 2.24) is 40.4 Å². The van der Waals surface area contributed by atoms with Gasteiger partial charge in [0, 0.05) is 74.2 Å². The molecule has 6 bridgehead atoms. The lowest BCUT2D eigenvalue weighted by Gasteiger charge is -2.36. The molecule has 2 aromatic heterocycles. The Hall–Kier alpha value is -5.88. The molecule has 4 fully saturated rings. The van der Waals surface area contributed by atoms with Crippen LogP contribution in [0.5, 0.6) is 5.75 Å². The Morgan fingerprint density at radius 1 is 1.06 bits per heavy atom. The zero-order valence-electron chi connectivity index (χ0n) is 40.1. The zero-order valence-corrected chi connectivity index (χ0v) is 40.1. The number of hydrazine groups is 1. The van der Waals surface area contributed by atoms with Crippen molar-refractivity contribution in [2.75, 3.05) is 46.6 Å². The van der Waals surface area contributed by atoms with Crippen LogP contribution in [0.2, 0.25) is 0 Å². The van der Waals surface area contributed by atoms with Gasteiger partial charge >= 0.3 is 5.97 Å². The fourth-order valence-electron chi connectivity index (χ4n) is 10.6. The van der Waals surface area contributed by atoms with E-state index in [9.17, 15) is 29.1 Å². The Labute approximate surface area is 396 Å². The van der Waals surface area contributed by atoms with Gasteiger partial charge in [-0.15, -0.1) is 0 Å². The van der Waals surface area contributed by atoms with Gasteiger partial charge in [-0.25, -0.2) is 5.43 Å². The third-order valence-electron chi connectivity index (χ3n) is 14.3. The monoisotopic (exact) mass is 932 g/mol. The van der Waals surface area contributed by atoms with Crippen molar-refractivity contribution in [1.29, 1.82) is 0 Å². The van der Waals surface area contributed by atoms with Gasteiger partial charge in [0.15, 0.2) is 5.60 Å². The second-order valence-corrected chi connectivity index (χ2v) is 20.2. The smallest absolute Gasteiger partial charge is 0.324 e. The number of cyclic esters (lactones) is 1. The van der Waals surface area contributed by atoms with Crippen LogP contribution in [0.15, 0.2) is 54.7 Å². The van der Waals surface area contributed by atoms with Gasteiger partial charge < -0.3 is 44.3 Å². The van der Waals surface area contributed by atoms with Crippen LogP contribution in [0, 0.1) is 11.3 Å². The van der Waals surface area contributed by atoms with Crippen LogP contribution in [0.1, 0.15) is 83.7 Å². The number of likely N-dealkylation sites (tertiary alicyclic amines) is 1. The molecule has 4 amide bonds. The molecule has 9 rings (SSSR count). The second kappa shape index (κ2) is 18.6. The number of rotatable bonds is 9. The van der Waals surface area contributed by atoms with E-state index in [1.54, 1.807) is 30.3 Å². The molecule has 0 saturated carbocycles. The number of fused-ring (bicyclic) bond motifs is 6. The number of aromatic nitrogens is 2. The minimum atomic E-state index is -1.25. The minimum Gasteiger partial charge on any atom is -0.508 e. The van der Waals surface area contributed by atoms with Crippen LogP contribution >= 0.6 is 0 Å². The van der Waals surface area contributed by atoms with Crippen LogP contribution in [-0.2, 0) is 57.6 Å². The van der Waals surface area contributed by atoms with Crippen molar-refractivity contribution < 1.29 is 43.3 Å². The van der Waals surface area contributed by atoms with Gasteiger partial charge in [0.25, 0.3) is 11.8 Å². The molecule has 5 aliphatic heterocycles. The lowest BCUT2D eigenvalue weighted by atomic mass is 9.84. The summed E-state index contributed by atoms with van der Waals surface area (Å²) in [7, 11) is 1.67. The summed E-state index contributed by atoms with van der Waals surface area (Å²) >= 11 is 0. The quantitative estimate of drug-likeness (QED) is 0.138. The molecule has 4 N–H and O–H groups in total. The summed E-state index contributed by atoms with van der Waals surface area (Å²) in [4.78, 5) is 78.5. The van der Waals surface area contributed by atoms with Gasteiger partial charge in [0.2, 0.25) is 11.8 Å². The molecule has 68 heavy (non-hydrogen) atoms. The van der Waals surface area contributed by atoms with Gasteiger partial charge in [-0.1, -0.05) is 39.8 Å². The molecule has 7 heterocycles. The largest absolute Gasteiger partial charge is 0.508 e. The molecule has 6 atom stereocenters. The van der Waals surface area contributed by atoms with E-state index in [2.05, 4.69) is 59.6 Å². The van der Waals surface area contributed by atoms with Gasteiger partial charge in [0.1, 0.15) is 30.6 Å². The normalized spacial score (nSPS) is 24.9. The highest BCUT2D eigenvalue weighted by atomic mass is 16.5. The third kappa shape index (κ3) is 8.96.